The van der Waals surface area contributed by atoms with Crippen molar-refractivity contribution in [1.29, 1.82) is 0 Å². The van der Waals surface area contributed by atoms with E-state index in [4.69, 9.17) is 30.9 Å². The zero-order valence-electron chi connectivity index (χ0n) is 42.9. The number of rotatable bonds is 20. The number of hydrogen-bond acceptors (Lipinski definition) is 13. The molecule has 2 atom stereocenters. The first-order valence-electron chi connectivity index (χ1n) is 25.5. The standard InChI is InChI=1S/C57H65N11O6S/c1-36-49(75-35-63-36)39-15-13-38(14-16-39)32-62-54(71)46-12-7-28-67(46)55(72)50(56(2,3)4)66-48(70)34-74-30-29-73-33-47(69)60-27-23-37-9-5-10-40(31-37)44-21-22-45-53(64-44)68(52(65-45)43-11-6-26-61-51(43)58)42-19-17-41(18-20-42)57(59)24-8-25-57/h5-6,9-11,13-22,26,31,35,46,50H,7-8,12,23-25,27-30,32-34,59H2,1-4H3,(H2,58,61)(H,60,69)(H,62,71)(H,66,70)/t46-,50?/m0/s1. The summed E-state index contributed by atoms with van der Waals surface area (Å²) >= 11 is 1.59. The van der Waals surface area contributed by atoms with Gasteiger partial charge in [0, 0.05) is 42.6 Å². The number of nitrogen functional groups attached to an aromatic ring is 1. The highest BCUT2D eigenvalue weighted by atomic mass is 32.1. The van der Waals surface area contributed by atoms with Gasteiger partial charge in [0.25, 0.3) is 0 Å². The number of hydrogen-bond donors (Lipinski definition) is 5. The van der Waals surface area contributed by atoms with Gasteiger partial charge in [-0.1, -0.05) is 75.4 Å². The summed E-state index contributed by atoms with van der Waals surface area (Å²) in [6.07, 6.45) is 6.51. The zero-order valence-corrected chi connectivity index (χ0v) is 43.8. The minimum Gasteiger partial charge on any atom is -0.383 e. The Balaban J connectivity index is 0.717. The number of carbonyl (C=O) groups excluding carboxylic acids is 4. The number of ether oxygens (including phenoxy) is 2. The number of thiazole rings is 1. The van der Waals surface area contributed by atoms with Crippen LogP contribution in [0.1, 0.15) is 75.3 Å². The summed E-state index contributed by atoms with van der Waals surface area (Å²) in [6.45, 7) is 8.38. The second-order valence-electron chi connectivity index (χ2n) is 20.4. The maximum Gasteiger partial charge on any atom is 0.246 e. The number of likely N-dealkylation sites (tertiary alicyclic amines) is 1. The first-order chi connectivity index (χ1) is 36.1. The molecule has 1 aliphatic carbocycles. The molecule has 1 saturated carbocycles. The molecule has 9 rings (SSSR count). The minimum absolute atomic E-state index is 0.0598. The molecule has 4 amide bonds. The fraction of sp³-hybridized carbons (Fsp3) is 0.368. The topological polar surface area (TPSA) is 235 Å². The van der Waals surface area contributed by atoms with Crippen molar-refractivity contribution < 1.29 is 28.7 Å². The number of amides is 4. The van der Waals surface area contributed by atoms with Gasteiger partial charge in [-0.05, 0) is 116 Å². The molecule has 1 aliphatic heterocycles. The van der Waals surface area contributed by atoms with Crippen molar-refractivity contribution in [1.82, 2.24) is 45.4 Å². The van der Waals surface area contributed by atoms with E-state index < -0.39 is 23.4 Å². The van der Waals surface area contributed by atoms with Crippen LogP contribution in [0.4, 0.5) is 5.82 Å². The predicted octanol–water partition coefficient (Wildman–Crippen LogP) is 7.03. The molecule has 0 radical (unpaired) electrons. The van der Waals surface area contributed by atoms with E-state index in [-0.39, 0.29) is 49.7 Å². The van der Waals surface area contributed by atoms with E-state index in [0.717, 1.165) is 69.0 Å². The van der Waals surface area contributed by atoms with Gasteiger partial charge in [0.05, 0.1) is 40.6 Å². The fourth-order valence-electron chi connectivity index (χ4n) is 9.65. The third-order valence-electron chi connectivity index (χ3n) is 14.0. The van der Waals surface area contributed by atoms with Gasteiger partial charge in [0.15, 0.2) is 11.5 Å². The largest absolute Gasteiger partial charge is 0.383 e. The van der Waals surface area contributed by atoms with Crippen LogP contribution in [-0.2, 0) is 47.2 Å². The number of fused-ring (bicyclic) bond motifs is 1. The average Bonchev–Trinajstić information content (AvgIpc) is 4.17. The lowest BCUT2D eigenvalue weighted by Crippen LogP contribution is -2.58. The third-order valence-corrected chi connectivity index (χ3v) is 15.0. The molecule has 5 heterocycles. The highest BCUT2D eigenvalue weighted by molar-refractivity contribution is 7.13. The average molecular weight is 1030 g/mol. The number of imidazole rings is 1. The summed E-state index contributed by atoms with van der Waals surface area (Å²) < 4.78 is 13.1. The van der Waals surface area contributed by atoms with E-state index in [0.29, 0.717) is 67.3 Å². The summed E-state index contributed by atoms with van der Waals surface area (Å²) in [4.78, 5) is 74.7. The van der Waals surface area contributed by atoms with Crippen LogP contribution in [0, 0.1) is 12.3 Å². The molecule has 2 fully saturated rings. The van der Waals surface area contributed by atoms with Gasteiger partial charge < -0.3 is 41.8 Å². The molecule has 390 valence electrons. The second-order valence-corrected chi connectivity index (χ2v) is 21.3. The van der Waals surface area contributed by atoms with Crippen molar-refractivity contribution in [3.8, 4) is 38.8 Å². The second kappa shape index (κ2) is 23.0. The highest BCUT2D eigenvalue weighted by Gasteiger charge is 2.42. The Morgan fingerprint density at radius 3 is 2.29 bits per heavy atom. The SMILES string of the molecule is Cc1ncsc1-c1ccc(CNC(=O)[C@@H]2CCCN2C(=O)C(NC(=O)COCCOCC(=O)NCCc2cccc(-c3ccc4nc(-c5cccnc5N)n(-c5ccc(C6(N)CCC6)cc5)c4n3)c2)C(C)(C)C)cc1. The molecule has 1 saturated heterocycles. The molecule has 0 spiro atoms. The molecule has 1 unspecified atom stereocenters. The number of aryl methyl sites for hydroxylation is 1. The van der Waals surface area contributed by atoms with Crippen molar-refractivity contribution in [2.24, 2.45) is 11.1 Å². The van der Waals surface area contributed by atoms with Gasteiger partial charge in [-0.25, -0.2) is 19.9 Å². The molecular weight excluding hydrogens is 967 g/mol. The normalized spacial score (nSPS) is 15.6. The Hall–Kier alpha value is -7.38. The summed E-state index contributed by atoms with van der Waals surface area (Å²) in [5.41, 5.74) is 23.7. The molecule has 18 heteroatoms. The number of nitrogens with zero attached hydrogens (tertiary/aromatic N) is 6. The Labute approximate surface area is 440 Å². The first kappa shape index (κ1) is 52.5. The van der Waals surface area contributed by atoms with Crippen LogP contribution in [0.25, 0.3) is 49.9 Å². The van der Waals surface area contributed by atoms with Crippen molar-refractivity contribution >= 4 is 51.9 Å². The predicted molar refractivity (Wildman–Crippen MR) is 290 cm³/mol. The van der Waals surface area contributed by atoms with E-state index >= 15 is 0 Å². The number of benzene rings is 3. The van der Waals surface area contributed by atoms with Crippen LogP contribution in [-0.4, -0.2) is 105 Å². The Morgan fingerprint density at radius 2 is 1.60 bits per heavy atom. The van der Waals surface area contributed by atoms with E-state index in [9.17, 15) is 19.2 Å². The van der Waals surface area contributed by atoms with Gasteiger partial charge in [-0.2, -0.15) is 0 Å². The molecule has 3 aromatic carbocycles. The highest BCUT2D eigenvalue weighted by Crippen LogP contribution is 2.40. The zero-order chi connectivity index (χ0) is 52.7. The molecule has 4 aromatic heterocycles. The molecular formula is C57H65N11O6S. The molecule has 7 aromatic rings. The van der Waals surface area contributed by atoms with Crippen LogP contribution in [0.2, 0.25) is 0 Å². The Kier molecular flexibility index (Phi) is 16.1. The van der Waals surface area contributed by atoms with Crippen LogP contribution in [0.3, 0.4) is 0 Å². The van der Waals surface area contributed by atoms with Crippen LogP contribution in [0.5, 0.6) is 0 Å². The number of carbonyl (C=O) groups is 4. The lowest BCUT2D eigenvalue weighted by molar-refractivity contribution is -0.144. The van der Waals surface area contributed by atoms with Crippen molar-refractivity contribution in [3.05, 3.63) is 131 Å². The molecule has 0 bridgehead atoms. The van der Waals surface area contributed by atoms with Crippen LogP contribution < -0.4 is 27.4 Å². The lowest BCUT2D eigenvalue weighted by Gasteiger charge is -2.38. The van der Waals surface area contributed by atoms with Crippen molar-refractivity contribution in [3.63, 3.8) is 0 Å². The molecule has 75 heavy (non-hydrogen) atoms. The van der Waals surface area contributed by atoms with Gasteiger partial charge >= 0.3 is 0 Å². The minimum atomic E-state index is -0.887. The summed E-state index contributed by atoms with van der Waals surface area (Å²) in [5, 5.41) is 8.77. The summed E-state index contributed by atoms with van der Waals surface area (Å²) in [7, 11) is 0. The van der Waals surface area contributed by atoms with E-state index in [1.807, 2.05) is 105 Å². The van der Waals surface area contributed by atoms with Gasteiger partial charge in [-0.3, -0.25) is 23.7 Å². The number of nitrogens with one attached hydrogen (secondary N) is 3. The van der Waals surface area contributed by atoms with Crippen molar-refractivity contribution in [2.75, 3.05) is 45.3 Å². The van der Waals surface area contributed by atoms with E-state index in [1.54, 1.807) is 22.4 Å². The van der Waals surface area contributed by atoms with Crippen LogP contribution in [0.15, 0.2) is 109 Å². The number of nitrogens with two attached hydrogens (primary N) is 2. The maximum absolute atomic E-state index is 14.0. The first-order valence-corrected chi connectivity index (χ1v) is 26.4. The molecule has 2 aliphatic rings. The summed E-state index contributed by atoms with van der Waals surface area (Å²) in [5.74, 6) is -0.289. The Bertz CT molecular complexity index is 3160. The number of anilines is 1. The number of pyridine rings is 2. The summed E-state index contributed by atoms with van der Waals surface area (Å²) in [6, 6.07) is 30.5. The van der Waals surface area contributed by atoms with Crippen LogP contribution >= 0.6 is 11.3 Å². The third kappa shape index (κ3) is 12.3. The fourth-order valence-corrected chi connectivity index (χ4v) is 10.5. The monoisotopic (exact) mass is 1030 g/mol. The van der Waals surface area contributed by atoms with E-state index in [1.165, 1.54) is 0 Å². The lowest BCUT2D eigenvalue weighted by atomic mass is 9.73. The van der Waals surface area contributed by atoms with E-state index in [2.05, 4.69) is 56.3 Å². The van der Waals surface area contributed by atoms with Gasteiger partial charge in [-0.15, -0.1) is 11.3 Å². The smallest absolute Gasteiger partial charge is 0.246 e. The molecule has 7 N–H and O–H groups in total. The van der Waals surface area contributed by atoms with Crippen molar-refractivity contribution in [2.45, 2.75) is 90.4 Å². The maximum atomic E-state index is 14.0. The van der Waals surface area contributed by atoms with Gasteiger partial charge in [0.2, 0.25) is 23.6 Å². The Morgan fingerprint density at radius 1 is 0.840 bits per heavy atom. The molecule has 17 nitrogen and oxygen atoms in total. The quantitative estimate of drug-likeness (QED) is 0.0484. The number of aromatic nitrogens is 5. The van der Waals surface area contributed by atoms with Gasteiger partial charge in [0.1, 0.15) is 36.6 Å².